The minimum Gasteiger partial charge on any atom is -0.478 e. The molecule has 0 fully saturated rings. The second kappa shape index (κ2) is 11.2. The van der Waals surface area contributed by atoms with Gasteiger partial charge in [0.15, 0.2) is 11.4 Å². The maximum absolute atomic E-state index is 13.6. The van der Waals surface area contributed by atoms with E-state index in [4.69, 9.17) is 26.1 Å². The van der Waals surface area contributed by atoms with Crippen molar-refractivity contribution in [3.63, 3.8) is 0 Å². The quantitative estimate of drug-likeness (QED) is 0.214. The molecule has 2 aromatic heterocycles. The zero-order valence-electron chi connectivity index (χ0n) is 22.2. The Morgan fingerprint density at radius 3 is 2.45 bits per heavy atom. The Hall–Kier alpha value is -4.69. The summed E-state index contributed by atoms with van der Waals surface area (Å²) in [6.07, 6.45) is 1.70. The van der Waals surface area contributed by atoms with Crippen LogP contribution < -0.4 is 10.1 Å². The SMILES string of the molecule is CCOC(=O)c1ccc(-n2c(-c3ccccn3)nc3ccccc32)c(NC(=O)C(C)(C)Oc2ccc(Cl)cc2)c1. The Morgan fingerprint density at radius 2 is 1.73 bits per heavy atom. The highest BCUT2D eigenvalue weighted by Crippen LogP contribution is 2.33. The molecule has 0 bridgehead atoms. The van der Waals surface area contributed by atoms with Gasteiger partial charge in [-0.15, -0.1) is 0 Å². The number of hydrogen-bond acceptors (Lipinski definition) is 6. The fourth-order valence-electron chi connectivity index (χ4n) is 4.23. The first-order valence-electron chi connectivity index (χ1n) is 12.7. The smallest absolute Gasteiger partial charge is 0.338 e. The van der Waals surface area contributed by atoms with Crippen LogP contribution >= 0.6 is 11.6 Å². The number of aromatic nitrogens is 3. The average Bonchev–Trinajstić information content (AvgIpc) is 3.34. The van der Waals surface area contributed by atoms with Crippen molar-refractivity contribution in [1.29, 1.82) is 0 Å². The number of benzene rings is 3. The van der Waals surface area contributed by atoms with Crippen molar-refractivity contribution in [3.8, 4) is 23.0 Å². The molecule has 0 radical (unpaired) electrons. The molecule has 1 amide bonds. The van der Waals surface area contributed by atoms with Gasteiger partial charge in [0.05, 0.1) is 34.6 Å². The number of fused-ring (bicyclic) bond motifs is 1. The molecular formula is C31H27ClN4O4. The molecule has 0 atom stereocenters. The normalized spacial score (nSPS) is 11.3. The zero-order valence-corrected chi connectivity index (χ0v) is 23.0. The van der Waals surface area contributed by atoms with Gasteiger partial charge in [-0.1, -0.05) is 29.8 Å². The maximum Gasteiger partial charge on any atom is 0.338 e. The first kappa shape index (κ1) is 26.9. The summed E-state index contributed by atoms with van der Waals surface area (Å²) in [7, 11) is 0. The first-order chi connectivity index (χ1) is 19.3. The zero-order chi connectivity index (χ0) is 28.3. The van der Waals surface area contributed by atoms with Crippen LogP contribution in [0.1, 0.15) is 31.1 Å². The summed E-state index contributed by atoms with van der Waals surface area (Å²) in [4.78, 5) is 35.6. The molecule has 0 aliphatic heterocycles. The van der Waals surface area contributed by atoms with Crippen molar-refractivity contribution in [2.75, 3.05) is 11.9 Å². The van der Waals surface area contributed by atoms with Crippen molar-refractivity contribution < 1.29 is 19.1 Å². The summed E-state index contributed by atoms with van der Waals surface area (Å²) in [5, 5.41) is 3.55. The number of imidazole rings is 1. The Kier molecular flexibility index (Phi) is 7.53. The molecule has 202 valence electrons. The number of amides is 1. The molecule has 8 nitrogen and oxygen atoms in total. The van der Waals surface area contributed by atoms with Crippen molar-refractivity contribution in [1.82, 2.24) is 14.5 Å². The number of rotatable bonds is 8. The first-order valence-corrected chi connectivity index (χ1v) is 13.1. The van der Waals surface area contributed by atoms with Crippen LogP contribution in [0.2, 0.25) is 5.02 Å². The van der Waals surface area contributed by atoms with E-state index in [1.807, 2.05) is 47.0 Å². The Morgan fingerprint density at radius 1 is 0.975 bits per heavy atom. The standard InChI is InChI=1S/C31H27ClN4O4/c1-4-39-29(37)20-12-17-27(25(19-20)35-30(38)31(2,3)40-22-15-13-21(32)14-16-22)36-26-11-6-5-9-23(26)34-28(36)24-10-7-8-18-33-24/h5-19H,4H2,1-3H3,(H,35,38). The second-order valence-corrected chi connectivity index (χ2v) is 9.88. The molecule has 2 heterocycles. The topological polar surface area (TPSA) is 95.3 Å². The van der Waals surface area contributed by atoms with Gasteiger partial charge in [-0.05, 0) is 87.5 Å². The molecule has 3 aromatic carbocycles. The van der Waals surface area contributed by atoms with E-state index in [-0.39, 0.29) is 6.61 Å². The van der Waals surface area contributed by atoms with E-state index in [0.717, 1.165) is 11.0 Å². The molecule has 1 N–H and O–H groups in total. The number of hydrogen-bond donors (Lipinski definition) is 1. The lowest BCUT2D eigenvalue weighted by molar-refractivity contribution is -0.128. The number of nitrogens with zero attached hydrogens (tertiary/aromatic N) is 3. The molecule has 5 aromatic rings. The highest BCUT2D eigenvalue weighted by Gasteiger charge is 2.31. The van der Waals surface area contributed by atoms with Gasteiger partial charge in [0, 0.05) is 11.2 Å². The van der Waals surface area contributed by atoms with Gasteiger partial charge in [-0.2, -0.15) is 0 Å². The number of halogens is 1. The van der Waals surface area contributed by atoms with Gasteiger partial charge in [0.25, 0.3) is 5.91 Å². The summed E-state index contributed by atoms with van der Waals surface area (Å²) in [6, 6.07) is 25.0. The molecule has 0 saturated heterocycles. The third-order valence-corrected chi connectivity index (χ3v) is 6.44. The number of ether oxygens (including phenoxy) is 2. The van der Waals surface area contributed by atoms with E-state index < -0.39 is 17.5 Å². The van der Waals surface area contributed by atoms with E-state index in [9.17, 15) is 9.59 Å². The third-order valence-electron chi connectivity index (χ3n) is 6.19. The fraction of sp³-hybridized carbons (Fsp3) is 0.161. The molecule has 0 aliphatic carbocycles. The molecule has 0 spiro atoms. The lowest BCUT2D eigenvalue weighted by atomic mass is 10.1. The summed E-state index contributed by atoms with van der Waals surface area (Å²) >= 11 is 6.00. The molecule has 9 heteroatoms. The predicted molar refractivity (Wildman–Crippen MR) is 155 cm³/mol. The van der Waals surface area contributed by atoms with Gasteiger partial charge in [-0.25, -0.2) is 9.78 Å². The number of esters is 1. The molecule has 40 heavy (non-hydrogen) atoms. The van der Waals surface area contributed by atoms with Gasteiger partial charge < -0.3 is 14.8 Å². The summed E-state index contributed by atoms with van der Waals surface area (Å²) in [6.45, 7) is 5.29. The Bertz CT molecular complexity index is 1680. The van der Waals surface area contributed by atoms with E-state index >= 15 is 0 Å². The molecule has 5 rings (SSSR count). The monoisotopic (exact) mass is 554 g/mol. The lowest BCUT2D eigenvalue weighted by Crippen LogP contribution is -2.42. The van der Waals surface area contributed by atoms with Crippen molar-refractivity contribution in [3.05, 3.63) is 102 Å². The minimum absolute atomic E-state index is 0.222. The van der Waals surface area contributed by atoms with Crippen molar-refractivity contribution in [2.24, 2.45) is 0 Å². The van der Waals surface area contributed by atoms with Gasteiger partial charge in [-0.3, -0.25) is 14.3 Å². The number of carbonyl (C=O) groups excluding carboxylic acids is 2. The largest absolute Gasteiger partial charge is 0.478 e. The second-order valence-electron chi connectivity index (χ2n) is 9.45. The van der Waals surface area contributed by atoms with Crippen LogP contribution in [0.3, 0.4) is 0 Å². The number of anilines is 1. The lowest BCUT2D eigenvalue weighted by Gasteiger charge is -2.26. The molecule has 0 unspecified atom stereocenters. The highest BCUT2D eigenvalue weighted by atomic mass is 35.5. The summed E-state index contributed by atoms with van der Waals surface area (Å²) in [5.41, 5.74) is 2.20. The van der Waals surface area contributed by atoms with E-state index in [2.05, 4.69) is 10.3 Å². The van der Waals surface area contributed by atoms with Crippen LogP contribution in [0.4, 0.5) is 5.69 Å². The number of pyridine rings is 1. The van der Waals surface area contributed by atoms with Gasteiger partial charge in [0.1, 0.15) is 11.4 Å². The molecule has 0 saturated carbocycles. The molecular weight excluding hydrogens is 528 g/mol. The summed E-state index contributed by atoms with van der Waals surface area (Å²) < 4.78 is 13.1. The Labute approximate surface area is 236 Å². The van der Waals surface area contributed by atoms with Gasteiger partial charge in [0.2, 0.25) is 0 Å². The van der Waals surface area contributed by atoms with Crippen molar-refractivity contribution in [2.45, 2.75) is 26.4 Å². The fourth-order valence-corrected chi connectivity index (χ4v) is 4.35. The van der Waals surface area contributed by atoms with Crippen LogP contribution in [0.15, 0.2) is 91.1 Å². The van der Waals surface area contributed by atoms with Crippen LogP contribution in [0.25, 0.3) is 28.2 Å². The van der Waals surface area contributed by atoms with E-state index in [0.29, 0.717) is 39.2 Å². The van der Waals surface area contributed by atoms with E-state index in [1.54, 1.807) is 69.4 Å². The van der Waals surface area contributed by atoms with Gasteiger partial charge >= 0.3 is 5.97 Å². The Balaban J connectivity index is 1.62. The van der Waals surface area contributed by atoms with Crippen molar-refractivity contribution >= 4 is 40.2 Å². The maximum atomic E-state index is 13.6. The van der Waals surface area contributed by atoms with Crippen LogP contribution in [-0.2, 0) is 9.53 Å². The number of carbonyl (C=O) groups is 2. The average molecular weight is 555 g/mol. The van der Waals surface area contributed by atoms with Crippen LogP contribution in [0.5, 0.6) is 5.75 Å². The third kappa shape index (κ3) is 5.53. The van der Waals surface area contributed by atoms with Crippen LogP contribution in [-0.4, -0.2) is 38.6 Å². The molecule has 0 aliphatic rings. The number of para-hydroxylation sites is 2. The van der Waals surface area contributed by atoms with Crippen LogP contribution in [0, 0.1) is 0 Å². The highest BCUT2D eigenvalue weighted by molar-refractivity contribution is 6.30. The summed E-state index contributed by atoms with van der Waals surface area (Å²) in [5.74, 6) is 0.149. The minimum atomic E-state index is -1.27. The van der Waals surface area contributed by atoms with E-state index in [1.165, 1.54) is 0 Å². The predicted octanol–water partition coefficient (Wildman–Crippen LogP) is 6.71. The number of nitrogens with one attached hydrogen (secondary N) is 1.